The van der Waals surface area contributed by atoms with Gasteiger partial charge in [-0.1, -0.05) is 47.8 Å². The molecule has 2 aromatic rings. The summed E-state index contributed by atoms with van der Waals surface area (Å²) >= 11 is 0. The third-order valence-electron chi connectivity index (χ3n) is 3.85. The maximum absolute atomic E-state index is 5.30. The van der Waals surface area contributed by atoms with Crippen molar-refractivity contribution in [3.8, 4) is 0 Å². The Kier molecular flexibility index (Phi) is 4.11. The first kappa shape index (κ1) is 13.3. The molecule has 0 saturated heterocycles. The number of nitrogens with zero attached hydrogens (tertiary/aromatic N) is 2. The Morgan fingerprint density at radius 3 is 2.95 bits per heavy atom. The van der Waals surface area contributed by atoms with Gasteiger partial charge in [0.2, 0.25) is 5.89 Å². The van der Waals surface area contributed by atoms with Crippen LogP contribution in [0.1, 0.15) is 48.5 Å². The maximum Gasteiger partial charge on any atom is 0.240 e. The molecule has 20 heavy (non-hydrogen) atoms. The minimum atomic E-state index is 0.627. The van der Waals surface area contributed by atoms with Gasteiger partial charge in [-0.15, -0.1) is 0 Å². The third-order valence-corrected chi connectivity index (χ3v) is 3.85. The highest BCUT2D eigenvalue weighted by atomic mass is 16.5. The molecular formula is C16H21N3O. The number of hydrogen-bond donors (Lipinski definition) is 1. The highest BCUT2D eigenvalue weighted by Gasteiger charge is 2.15. The SMILES string of the molecule is Cc1cccc(Cc2noc(CNC3CCCC3)n2)c1. The van der Waals surface area contributed by atoms with Gasteiger partial charge in [-0.25, -0.2) is 0 Å². The smallest absolute Gasteiger partial charge is 0.240 e. The lowest BCUT2D eigenvalue weighted by Gasteiger charge is -2.08. The summed E-state index contributed by atoms with van der Waals surface area (Å²) in [5.41, 5.74) is 2.48. The van der Waals surface area contributed by atoms with E-state index in [9.17, 15) is 0 Å². The van der Waals surface area contributed by atoms with Gasteiger partial charge in [-0.05, 0) is 25.3 Å². The Labute approximate surface area is 119 Å². The van der Waals surface area contributed by atoms with Crippen molar-refractivity contribution in [2.24, 2.45) is 0 Å². The number of nitrogens with one attached hydrogen (secondary N) is 1. The Bertz CT molecular complexity index is 558. The van der Waals surface area contributed by atoms with Crippen molar-refractivity contribution in [1.82, 2.24) is 15.5 Å². The average molecular weight is 271 g/mol. The van der Waals surface area contributed by atoms with E-state index in [1.807, 2.05) is 0 Å². The predicted molar refractivity (Wildman–Crippen MR) is 77.4 cm³/mol. The van der Waals surface area contributed by atoms with Crippen LogP contribution >= 0.6 is 0 Å². The average Bonchev–Trinajstić information content (AvgIpc) is 3.07. The summed E-state index contributed by atoms with van der Waals surface area (Å²) in [6.07, 6.45) is 5.93. The molecule has 0 unspecified atom stereocenters. The summed E-state index contributed by atoms with van der Waals surface area (Å²) < 4.78 is 5.30. The third kappa shape index (κ3) is 3.45. The van der Waals surface area contributed by atoms with Crippen molar-refractivity contribution in [1.29, 1.82) is 0 Å². The quantitative estimate of drug-likeness (QED) is 0.908. The van der Waals surface area contributed by atoms with Crippen LogP contribution in [0.3, 0.4) is 0 Å². The normalized spacial score (nSPS) is 15.8. The fourth-order valence-corrected chi connectivity index (χ4v) is 2.80. The molecule has 1 fully saturated rings. The van der Waals surface area contributed by atoms with Gasteiger partial charge in [0.15, 0.2) is 5.82 Å². The van der Waals surface area contributed by atoms with Gasteiger partial charge in [0.1, 0.15) is 0 Å². The Balaban J connectivity index is 1.56. The molecule has 1 saturated carbocycles. The number of benzene rings is 1. The van der Waals surface area contributed by atoms with Crippen molar-refractivity contribution < 1.29 is 4.52 Å². The fraction of sp³-hybridized carbons (Fsp3) is 0.500. The molecule has 1 N–H and O–H groups in total. The zero-order valence-electron chi connectivity index (χ0n) is 11.9. The summed E-state index contributed by atoms with van der Waals surface area (Å²) in [5, 5.41) is 7.55. The lowest BCUT2D eigenvalue weighted by molar-refractivity contribution is 0.353. The Morgan fingerprint density at radius 2 is 2.15 bits per heavy atom. The van der Waals surface area contributed by atoms with Gasteiger partial charge in [-0.3, -0.25) is 0 Å². The van der Waals surface area contributed by atoms with E-state index in [1.165, 1.54) is 36.8 Å². The maximum atomic E-state index is 5.30. The van der Waals surface area contributed by atoms with Gasteiger partial charge >= 0.3 is 0 Å². The molecule has 0 aliphatic heterocycles. The van der Waals surface area contributed by atoms with E-state index in [1.54, 1.807) is 0 Å². The first-order valence-electron chi connectivity index (χ1n) is 7.40. The lowest BCUT2D eigenvalue weighted by atomic mass is 10.1. The molecule has 106 valence electrons. The van der Waals surface area contributed by atoms with Crippen molar-refractivity contribution in [2.75, 3.05) is 0 Å². The number of aromatic nitrogens is 2. The van der Waals surface area contributed by atoms with Crippen LogP contribution in [-0.4, -0.2) is 16.2 Å². The van der Waals surface area contributed by atoms with Crippen LogP contribution in [0.4, 0.5) is 0 Å². The standard InChI is InChI=1S/C16H21N3O/c1-12-5-4-6-13(9-12)10-15-18-16(20-19-15)11-17-14-7-2-3-8-14/h4-6,9,14,17H,2-3,7-8,10-11H2,1H3. The molecule has 0 spiro atoms. The molecule has 0 bridgehead atoms. The van der Waals surface area contributed by atoms with E-state index < -0.39 is 0 Å². The molecule has 0 amide bonds. The molecule has 1 aromatic heterocycles. The van der Waals surface area contributed by atoms with Crippen molar-refractivity contribution in [3.05, 3.63) is 47.1 Å². The van der Waals surface area contributed by atoms with Crippen LogP contribution in [0.25, 0.3) is 0 Å². The van der Waals surface area contributed by atoms with Gasteiger partial charge in [0, 0.05) is 12.5 Å². The summed E-state index contributed by atoms with van der Waals surface area (Å²) in [6, 6.07) is 9.04. The number of aryl methyl sites for hydroxylation is 1. The Hall–Kier alpha value is -1.68. The van der Waals surface area contributed by atoms with Gasteiger partial charge in [0.05, 0.1) is 6.54 Å². The molecule has 0 atom stereocenters. The van der Waals surface area contributed by atoms with Crippen molar-refractivity contribution in [2.45, 2.75) is 51.6 Å². The van der Waals surface area contributed by atoms with Gasteiger partial charge < -0.3 is 9.84 Å². The molecule has 0 radical (unpaired) electrons. The zero-order valence-corrected chi connectivity index (χ0v) is 11.9. The lowest BCUT2D eigenvalue weighted by Crippen LogP contribution is -2.25. The predicted octanol–water partition coefficient (Wildman–Crippen LogP) is 3.00. The van der Waals surface area contributed by atoms with Crippen LogP contribution in [0.5, 0.6) is 0 Å². The van der Waals surface area contributed by atoms with Crippen molar-refractivity contribution >= 4 is 0 Å². The molecule has 1 aromatic carbocycles. The number of rotatable bonds is 5. The fourth-order valence-electron chi connectivity index (χ4n) is 2.80. The summed E-state index contributed by atoms with van der Waals surface area (Å²) in [7, 11) is 0. The highest BCUT2D eigenvalue weighted by Crippen LogP contribution is 2.18. The van der Waals surface area contributed by atoms with E-state index in [0.29, 0.717) is 18.5 Å². The molecule has 3 rings (SSSR count). The minimum Gasteiger partial charge on any atom is -0.338 e. The summed E-state index contributed by atoms with van der Waals surface area (Å²) in [4.78, 5) is 4.46. The van der Waals surface area contributed by atoms with E-state index in [4.69, 9.17) is 4.52 Å². The van der Waals surface area contributed by atoms with E-state index in [-0.39, 0.29) is 0 Å². The number of hydrogen-bond acceptors (Lipinski definition) is 4. The zero-order chi connectivity index (χ0) is 13.8. The monoisotopic (exact) mass is 271 g/mol. The van der Waals surface area contributed by atoms with E-state index in [0.717, 1.165) is 12.2 Å². The summed E-state index contributed by atoms with van der Waals surface area (Å²) in [5.74, 6) is 1.46. The van der Waals surface area contributed by atoms with E-state index in [2.05, 4.69) is 46.6 Å². The Morgan fingerprint density at radius 1 is 1.30 bits per heavy atom. The highest BCUT2D eigenvalue weighted by molar-refractivity contribution is 5.24. The second-order valence-corrected chi connectivity index (χ2v) is 5.63. The first-order valence-corrected chi connectivity index (χ1v) is 7.40. The van der Waals surface area contributed by atoms with Crippen LogP contribution < -0.4 is 5.32 Å². The molecule has 4 heteroatoms. The van der Waals surface area contributed by atoms with E-state index >= 15 is 0 Å². The molecule has 1 heterocycles. The van der Waals surface area contributed by atoms with Crippen molar-refractivity contribution in [3.63, 3.8) is 0 Å². The molecule has 1 aliphatic rings. The van der Waals surface area contributed by atoms with Crippen LogP contribution in [0.15, 0.2) is 28.8 Å². The molecule has 1 aliphatic carbocycles. The summed E-state index contributed by atoms with van der Waals surface area (Å²) in [6.45, 7) is 2.78. The van der Waals surface area contributed by atoms with Gasteiger partial charge in [0.25, 0.3) is 0 Å². The second-order valence-electron chi connectivity index (χ2n) is 5.63. The largest absolute Gasteiger partial charge is 0.338 e. The van der Waals surface area contributed by atoms with Gasteiger partial charge in [-0.2, -0.15) is 4.98 Å². The van der Waals surface area contributed by atoms with Crippen LogP contribution in [0.2, 0.25) is 0 Å². The van der Waals surface area contributed by atoms with Crippen LogP contribution in [0, 0.1) is 6.92 Å². The minimum absolute atomic E-state index is 0.627. The second kappa shape index (κ2) is 6.18. The topological polar surface area (TPSA) is 51.0 Å². The first-order chi connectivity index (χ1) is 9.79. The molecular weight excluding hydrogens is 250 g/mol. The van der Waals surface area contributed by atoms with Crippen LogP contribution in [-0.2, 0) is 13.0 Å². The molecule has 4 nitrogen and oxygen atoms in total.